The predicted molar refractivity (Wildman–Crippen MR) is 100 cm³/mol. The zero-order chi connectivity index (χ0) is 18.7. The average molecular weight is 380 g/mol. The molecule has 1 aliphatic heterocycles. The van der Waals surface area contributed by atoms with Crippen molar-refractivity contribution in [1.82, 2.24) is 14.0 Å². The van der Waals surface area contributed by atoms with Crippen LogP contribution >= 0.6 is 11.6 Å². The quantitative estimate of drug-likeness (QED) is 0.827. The molecule has 3 rings (SSSR count). The number of fused-ring (bicyclic) bond motifs is 1. The lowest BCUT2D eigenvalue weighted by Gasteiger charge is -2.26. The minimum atomic E-state index is -1.14. The molecule has 1 aliphatic rings. The highest BCUT2D eigenvalue weighted by Gasteiger charge is 2.16. The standard InChI is InChI=1S/C18H22ClN3O4/c19-13-5-6-15-14(11-13)17(25)21(18(26)22(15)12-16(23)24)10-4-9-20-7-2-1-3-8-20/h5-6,11H,1-4,7-10,12H2,(H,23,24). The topological polar surface area (TPSA) is 84.5 Å². The summed E-state index contributed by atoms with van der Waals surface area (Å²) in [6.07, 6.45) is 4.27. The number of hydrogen-bond donors (Lipinski definition) is 1. The number of rotatable bonds is 6. The lowest BCUT2D eigenvalue weighted by molar-refractivity contribution is -0.137. The van der Waals surface area contributed by atoms with Crippen molar-refractivity contribution < 1.29 is 9.90 Å². The number of likely N-dealkylation sites (tertiary alicyclic amines) is 1. The Hall–Kier alpha value is -2.12. The highest BCUT2D eigenvalue weighted by atomic mass is 35.5. The van der Waals surface area contributed by atoms with Crippen molar-refractivity contribution in [3.63, 3.8) is 0 Å². The molecule has 1 aromatic heterocycles. The number of hydrogen-bond acceptors (Lipinski definition) is 4. The molecular weight excluding hydrogens is 358 g/mol. The van der Waals surface area contributed by atoms with Gasteiger partial charge in [-0.1, -0.05) is 18.0 Å². The fourth-order valence-electron chi connectivity index (χ4n) is 3.52. The van der Waals surface area contributed by atoms with Gasteiger partial charge in [0.2, 0.25) is 0 Å². The van der Waals surface area contributed by atoms with Crippen LogP contribution in [0.3, 0.4) is 0 Å². The monoisotopic (exact) mass is 379 g/mol. The molecule has 0 aliphatic carbocycles. The third-order valence-electron chi connectivity index (χ3n) is 4.78. The number of nitrogens with zero attached hydrogens (tertiary/aromatic N) is 3. The number of carboxylic acids is 1. The second-order valence-corrected chi connectivity index (χ2v) is 7.07. The molecule has 26 heavy (non-hydrogen) atoms. The van der Waals surface area contributed by atoms with Gasteiger partial charge in [0.15, 0.2) is 0 Å². The molecule has 1 fully saturated rings. The second-order valence-electron chi connectivity index (χ2n) is 6.64. The summed E-state index contributed by atoms with van der Waals surface area (Å²) in [5, 5.41) is 9.76. The first kappa shape index (κ1) is 18.7. The Morgan fingerprint density at radius 3 is 2.50 bits per heavy atom. The van der Waals surface area contributed by atoms with Gasteiger partial charge in [0.25, 0.3) is 5.56 Å². The molecule has 0 radical (unpaired) electrons. The predicted octanol–water partition coefficient (Wildman–Crippen LogP) is 1.78. The lowest BCUT2D eigenvalue weighted by Crippen LogP contribution is -2.42. The minimum Gasteiger partial charge on any atom is -0.480 e. The van der Waals surface area contributed by atoms with Crippen molar-refractivity contribution >= 4 is 28.5 Å². The summed E-state index contributed by atoms with van der Waals surface area (Å²) in [7, 11) is 0. The third-order valence-corrected chi connectivity index (χ3v) is 5.02. The van der Waals surface area contributed by atoms with Crippen LogP contribution < -0.4 is 11.2 Å². The summed E-state index contributed by atoms with van der Waals surface area (Å²) in [5.74, 6) is -1.14. The molecular formula is C18H22ClN3O4. The van der Waals surface area contributed by atoms with Gasteiger partial charge in [0, 0.05) is 11.6 Å². The van der Waals surface area contributed by atoms with Gasteiger partial charge in [-0.3, -0.25) is 18.7 Å². The molecule has 1 N–H and O–H groups in total. The smallest absolute Gasteiger partial charge is 0.332 e. The number of benzene rings is 1. The van der Waals surface area contributed by atoms with E-state index >= 15 is 0 Å². The summed E-state index contributed by atoms with van der Waals surface area (Å²) < 4.78 is 2.25. The van der Waals surface area contributed by atoms with Crippen LogP contribution in [0, 0.1) is 0 Å². The first-order valence-corrected chi connectivity index (χ1v) is 9.22. The lowest BCUT2D eigenvalue weighted by atomic mass is 10.1. The van der Waals surface area contributed by atoms with Crippen LogP contribution in [0.2, 0.25) is 5.02 Å². The maximum atomic E-state index is 12.8. The van der Waals surface area contributed by atoms with Gasteiger partial charge < -0.3 is 10.0 Å². The van der Waals surface area contributed by atoms with Crippen molar-refractivity contribution in [2.24, 2.45) is 0 Å². The summed E-state index contributed by atoms with van der Waals surface area (Å²) in [6, 6.07) is 4.54. The zero-order valence-corrected chi connectivity index (χ0v) is 15.2. The van der Waals surface area contributed by atoms with E-state index in [1.165, 1.54) is 31.4 Å². The van der Waals surface area contributed by atoms with Crippen LogP contribution in [0.15, 0.2) is 27.8 Å². The third kappa shape index (κ3) is 3.99. The highest BCUT2D eigenvalue weighted by Crippen LogP contribution is 2.15. The van der Waals surface area contributed by atoms with Crippen LogP contribution in [0.1, 0.15) is 25.7 Å². The molecule has 0 amide bonds. The van der Waals surface area contributed by atoms with Gasteiger partial charge in [-0.2, -0.15) is 0 Å². The van der Waals surface area contributed by atoms with Crippen molar-refractivity contribution in [3.05, 3.63) is 44.1 Å². The zero-order valence-electron chi connectivity index (χ0n) is 14.5. The molecule has 1 saturated heterocycles. The van der Waals surface area contributed by atoms with E-state index in [2.05, 4.69) is 4.90 Å². The molecule has 7 nitrogen and oxygen atoms in total. The molecule has 140 valence electrons. The molecule has 2 heterocycles. The summed E-state index contributed by atoms with van der Waals surface area (Å²) in [4.78, 5) is 39.0. The fraction of sp³-hybridized carbons (Fsp3) is 0.500. The number of aliphatic carboxylic acids is 1. The van der Waals surface area contributed by atoms with Crippen molar-refractivity contribution in [1.29, 1.82) is 0 Å². The van der Waals surface area contributed by atoms with E-state index in [0.29, 0.717) is 17.0 Å². The Kier molecular flexibility index (Phi) is 5.78. The first-order valence-electron chi connectivity index (χ1n) is 8.84. The molecule has 1 aromatic carbocycles. The number of carboxylic acid groups (broad SMARTS) is 1. The molecule has 0 atom stereocenters. The van der Waals surface area contributed by atoms with Crippen molar-refractivity contribution in [3.8, 4) is 0 Å². The SMILES string of the molecule is O=C(O)Cn1c(=O)n(CCCN2CCCCC2)c(=O)c2cc(Cl)ccc21. The molecule has 0 spiro atoms. The number of carbonyl (C=O) groups is 1. The Morgan fingerprint density at radius 2 is 1.81 bits per heavy atom. The normalized spacial score (nSPS) is 15.4. The summed E-state index contributed by atoms with van der Waals surface area (Å²) in [6.45, 7) is 2.68. The van der Waals surface area contributed by atoms with Crippen LogP contribution in [0.4, 0.5) is 0 Å². The largest absolute Gasteiger partial charge is 0.480 e. The maximum Gasteiger partial charge on any atom is 0.332 e. The Balaban J connectivity index is 1.94. The second kappa shape index (κ2) is 8.05. The van der Waals surface area contributed by atoms with Crippen LogP contribution in [0.25, 0.3) is 10.9 Å². The Bertz CT molecular complexity index is 928. The first-order chi connectivity index (χ1) is 12.5. The summed E-state index contributed by atoms with van der Waals surface area (Å²) >= 11 is 5.99. The van der Waals surface area contributed by atoms with E-state index in [0.717, 1.165) is 28.8 Å². The highest BCUT2D eigenvalue weighted by molar-refractivity contribution is 6.31. The van der Waals surface area contributed by atoms with Gasteiger partial charge in [-0.05, 0) is 57.1 Å². The molecule has 0 unspecified atom stereocenters. The van der Waals surface area contributed by atoms with Gasteiger partial charge in [-0.15, -0.1) is 0 Å². The molecule has 0 bridgehead atoms. The van der Waals surface area contributed by atoms with Gasteiger partial charge >= 0.3 is 11.7 Å². The van der Waals surface area contributed by atoms with Crippen LogP contribution in [-0.2, 0) is 17.9 Å². The van der Waals surface area contributed by atoms with Gasteiger partial charge in [0.05, 0.1) is 10.9 Å². The van der Waals surface area contributed by atoms with Gasteiger partial charge in [0.1, 0.15) is 6.54 Å². The number of aromatic nitrogens is 2. The average Bonchev–Trinajstić information content (AvgIpc) is 2.62. The van der Waals surface area contributed by atoms with Crippen LogP contribution in [-0.4, -0.2) is 44.7 Å². The summed E-state index contributed by atoms with van der Waals surface area (Å²) in [5.41, 5.74) is -0.724. The number of piperidine rings is 1. The molecule has 0 saturated carbocycles. The van der Waals surface area contributed by atoms with E-state index in [4.69, 9.17) is 16.7 Å². The fourth-order valence-corrected chi connectivity index (χ4v) is 3.69. The van der Waals surface area contributed by atoms with Crippen molar-refractivity contribution in [2.45, 2.75) is 38.8 Å². The Morgan fingerprint density at radius 1 is 1.08 bits per heavy atom. The number of halogens is 1. The Labute approximate surface area is 155 Å². The molecule has 8 heteroatoms. The van der Waals surface area contributed by atoms with E-state index in [9.17, 15) is 14.4 Å². The minimum absolute atomic E-state index is 0.260. The van der Waals surface area contributed by atoms with E-state index < -0.39 is 23.8 Å². The van der Waals surface area contributed by atoms with Crippen molar-refractivity contribution in [2.75, 3.05) is 19.6 Å². The molecule has 2 aromatic rings. The van der Waals surface area contributed by atoms with E-state index in [1.807, 2.05) is 0 Å². The van der Waals surface area contributed by atoms with E-state index in [-0.39, 0.29) is 11.9 Å². The van der Waals surface area contributed by atoms with E-state index in [1.54, 1.807) is 6.07 Å². The maximum absolute atomic E-state index is 12.8. The van der Waals surface area contributed by atoms with Gasteiger partial charge in [-0.25, -0.2) is 4.79 Å². The van der Waals surface area contributed by atoms with Crippen LogP contribution in [0.5, 0.6) is 0 Å².